The number of benzene rings is 2. The SMILES string of the molecule is NC(=S)c1ccccc1NC(=O)COCc1ccccc1. The van der Waals surface area contributed by atoms with Gasteiger partial charge in [-0.25, -0.2) is 0 Å². The molecular weight excluding hydrogens is 284 g/mol. The van der Waals surface area contributed by atoms with E-state index in [4.69, 9.17) is 22.7 Å². The number of carbonyl (C=O) groups excluding carboxylic acids is 1. The van der Waals surface area contributed by atoms with Crippen molar-refractivity contribution in [2.45, 2.75) is 6.61 Å². The van der Waals surface area contributed by atoms with Crippen LogP contribution in [0, 0.1) is 0 Å². The Morgan fingerprint density at radius 3 is 2.48 bits per heavy atom. The summed E-state index contributed by atoms with van der Waals surface area (Å²) >= 11 is 4.95. The summed E-state index contributed by atoms with van der Waals surface area (Å²) in [6.07, 6.45) is 0. The molecule has 2 rings (SSSR count). The lowest BCUT2D eigenvalue weighted by atomic mass is 10.2. The maximum Gasteiger partial charge on any atom is 0.250 e. The lowest BCUT2D eigenvalue weighted by molar-refractivity contribution is -0.121. The molecule has 0 saturated carbocycles. The van der Waals surface area contributed by atoms with Crippen LogP contribution in [0.1, 0.15) is 11.1 Å². The molecule has 0 aliphatic rings. The Morgan fingerprint density at radius 2 is 1.76 bits per heavy atom. The van der Waals surface area contributed by atoms with Gasteiger partial charge in [-0.2, -0.15) is 0 Å². The van der Waals surface area contributed by atoms with Gasteiger partial charge in [-0.3, -0.25) is 4.79 Å². The van der Waals surface area contributed by atoms with E-state index in [2.05, 4.69) is 5.32 Å². The minimum absolute atomic E-state index is 0.0272. The molecule has 0 radical (unpaired) electrons. The molecule has 0 heterocycles. The highest BCUT2D eigenvalue weighted by atomic mass is 32.1. The van der Waals surface area contributed by atoms with Crippen LogP contribution in [-0.4, -0.2) is 17.5 Å². The van der Waals surface area contributed by atoms with E-state index in [9.17, 15) is 4.79 Å². The number of amides is 1. The third-order valence-electron chi connectivity index (χ3n) is 2.81. The van der Waals surface area contributed by atoms with Crippen molar-refractivity contribution in [2.24, 2.45) is 5.73 Å². The number of ether oxygens (including phenoxy) is 1. The summed E-state index contributed by atoms with van der Waals surface area (Å²) < 4.78 is 5.38. The Morgan fingerprint density at radius 1 is 1.10 bits per heavy atom. The van der Waals surface area contributed by atoms with Gasteiger partial charge in [0.15, 0.2) is 0 Å². The summed E-state index contributed by atoms with van der Waals surface area (Å²) in [7, 11) is 0. The molecule has 108 valence electrons. The van der Waals surface area contributed by atoms with Crippen molar-refractivity contribution in [1.82, 2.24) is 0 Å². The molecule has 0 unspecified atom stereocenters. The van der Waals surface area contributed by atoms with Gasteiger partial charge in [-0.05, 0) is 17.7 Å². The molecular formula is C16H16N2O2S. The van der Waals surface area contributed by atoms with E-state index in [-0.39, 0.29) is 17.5 Å². The van der Waals surface area contributed by atoms with Crippen LogP contribution in [0.5, 0.6) is 0 Å². The van der Waals surface area contributed by atoms with Crippen LogP contribution in [0.2, 0.25) is 0 Å². The molecule has 5 heteroatoms. The van der Waals surface area contributed by atoms with E-state index in [0.717, 1.165) is 5.56 Å². The maximum atomic E-state index is 11.9. The van der Waals surface area contributed by atoms with Crippen molar-refractivity contribution in [3.8, 4) is 0 Å². The van der Waals surface area contributed by atoms with Crippen LogP contribution in [-0.2, 0) is 16.1 Å². The van der Waals surface area contributed by atoms with E-state index in [1.54, 1.807) is 12.1 Å². The number of anilines is 1. The van der Waals surface area contributed by atoms with Gasteiger partial charge in [0, 0.05) is 5.56 Å². The summed E-state index contributed by atoms with van der Waals surface area (Å²) in [4.78, 5) is 12.1. The number of carbonyl (C=O) groups is 1. The number of nitrogens with two attached hydrogens (primary N) is 1. The largest absolute Gasteiger partial charge is 0.389 e. The molecule has 2 aromatic carbocycles. The zero-order valence-corrected chi connectivity index (χ0v) is 12.2. The molecule has 4 nitrogen and oxygen atoms in total. The number of hydrogen-bond donors (Lipinski definition) is 2. The first-order valence-corrected chi connectivity index (χ1v) is 6.88. The zero-order chi connectivity index (χ0) is 15.1. The molecule has 0 aliphatic carbocycles. The van der Waals surface area contributed by atoms with E-state index in [0.29, 0.717) is 17.9 Å². The first kappa shape index (κ1) is 15.2. The number of rotatable bonds is 6. The summed E-state index contributed by atoms with van der Waals surface area (Å²) in [5, 5.41) is 2.75. The highest BCUT2D eigenvalue weighted by Crippen LogP contribution is 2.14. The number of hydrogen-bond acceptors (Lipinski definition) is 3. The van der Waals surface area contributed by atoms with Crippen molar-refractivity contribution in [3.05, 3.63) is 65.7 Å². The molecule has 0 aromatic heterocycles. The molecule has 0 atom stereocenters. The normalized spacial score (nSPS) is 10.1. The predicted molar refractivity (Wildman–Crippen MR) is 87.1 cm³/mol. The highest BCUT2D eigenvalue weighted by molar-refractivity contribution is 7.80. The fraction of sp³-hybridized carbons (Fsp3) is 0.125. The van der Waals surface area contributed by atoms with E-state index >= 15 is 0 Å². The average molecular weight is 300 g/mol. The maximum absolute atomic E-state index is 11.9. The second-order valence-electron chi connectivity index (χ2n) is 4.44. The topological polar surface area (TPSA) is 64.3 Å². The van der Waals surface area contributed by atoms with Gasteiger partial charge in [0.2, 0.25) is 5.91 Å². The molecule has 0 fully saturated rings. The van der Waals surface area contributed by atoms with Crippen LogP contribution in [0.3, 0.4) is 0 Å². The third-order valence-corrected chi connectivity index (χ3v) is 3.03. The third kappa shape index (κ3) is 4.66. The van der Waals surface area contributed by atoms with Gasteiger partial charge in [0.1, 0.15) is 11.6 Å². The monoisotopic (exact) mass is 300 g/mol. The highest BCUT2D eigenvalue weighted by Gasteiger charge is 2.08. The lowest BCUT2D eigenvalue weighted by Gasteiger charge is -2.10. The molecule has 2 aromatic rings. The predicted octanol–water partition coefficient (Wildman–Crippen LogP) is 2.48. The van der Waals surface area contributed by atoms with Crippen LogP contribution >= 0.6 is 12.2 Å². The zero-order valence-electron chi connectivity index (χ0n) is 11.4. The van der Waals surface area contributed by atoms with Crippen molar-refractivity contribution < 1.29 is 9.53 Å². The fourth-order valence-corrected chi connectivity index (χ4v) is 2.01. The molecule has 21 heavy (non-hydrogen) atoms. The van der Waals surface area contributed by atoms with Gasteiger partial charge in [-0.15, -0.1) is 0 Å². The second-order valence-corrected chi connectivity index (χ2v) is 4.88. The minimum atomic E-state index is -0.241. The number of nitrogens with one attached hydrogen (secondary N) is 1. The summed E-state index contributed by atoms with van der Waals surface area (Å²) in [5.74, 6) is -0.241. The van der Waals surface area contributed by atoms with E-state index < -0.39 is 0 Å². The smallest absolute Gasteiger partial charge is 0.250 e. The molecule has 0 saturated heterocycles. The fourth-order valence-electron chi connectivity index (χ4n) is 1.83. The lowest BCUT2D eigenvalue weighted by Crippen LogP contribution is -2.21. The Kier molecular flexibility index (Phi) is 5.43. The molecule has 3 N–H and O–H groups in total. The summed E-state index contributed by atoms with van der Waals surface area (Å²) in [6.45, 7) is 0.367. The van der Waals surface area contributed by atoms with Crippen LogP contribution in [0.4, 0.5) is 5.69 Å². The van der Waals surface area contributed by atoms with Gasteiger partial charge in [0.05, 0.1) is 12.3 Å². The van der Waals surface area contributed by atoms with Gasteiger partial charge in [0.25, 0.3) is 0 Å². The first-order chi connectivity index (χ1) is 10.2. The number of thiocarbonyl (C=S) groups is 1. The first-order valence-electron chi connectivity index (χ1n) is 6.47. The van der Waals surface area contributed by atoms with Crippen molar-refractivity contribution in [1.29, 1.82) is 0 Å². The Bertz CT molecular complexity index is 629. The quantitative estimate of drug-likeness (QED) is 0.804. The van der Waals surface area contributed by atoms with E-state index in [1.165, 1.54) is 0 Å². The van der Waals surface area contributed by atoms with Gasteiger partial charge in [-0.1, -0.05) is 54.7 Å². The van der Waals surface area contributed by atoms with Crippen molar-refractivity contribution in [3.63, 3.8) is 0 Å². The Balaban J connectivity index is 1.86. The molecule has 0 aliphatic heterocycles. The van der Waals surface area contributed by atoms with Crippen LogP contribution < -0.4 is 11.1 Å². The Labute approximate surface area is 128 Å². The standard InChI is InChI=1S/C16H16N2O2S/c17-16(21)13-8-4-5-9-14(13)18-15(19)11-20-10-12-6-2-1-3-7-12/h1-9H,10-11H2,(H2,17,21)(H,18,19). The molecule has 1 amide bonds. The Hall–Kier alpha value is -2.24. The second kappa shape index (κ2) is 7.52. The van der Waals surface area contributed by atoms with Crippen LogP contribution in [0.25, 0.3) is 0 Å². The van der Waals surface area contributed by atoms with E-state index in [1.807, 2.05) is 42.5 Å². The van der Waals surface area contributed by atoms with Gasteiger partial charge < -0.3 is 15.8 Å². The van der Waals surface area contributed by atoms with Crippen molar-refractivity contribution in [2.75, 3.05) is 11.9 Å². The molecule has 0 spiro atoms. The summed E-state index contributed by atoms with van der Waals surface area (Å²) in [6, 6.07) is 16.8. The summed E-state index contributed by atoms with van der Waals surface area (Å²) in [5.41, 5.74) is 7.88. The average Bonchev–Trinajstić information content (AvgIpc) is 2.48. The van der Waals surface area contributed by atoms with Crippen molar-refractivity contribution >= 4 is 28.8 Å². The number of para-hydroxylation sites is 1. The van der Waals surface area contributed by atoms with Crippen LogP contribution in [0.15, 0.2) is 54.6 Å². The molecule has 0 bridgehead atoms. The minimum Gasteiger partial charge on any atom is -0.389 e. The van der Waals surface area contributed by atoms with Gasteiger partial charge >= 0.3 is 0 Å².